The van der Waals surface area contributed by atoms with E-state index in [9.17, 15) is 13.2 Å². The van der Waals surface area contributed by atoms with Crippen LogP contribution in [0.15, 0.2) is 46.3 Å². The van der Waals surface area contributed by atoms with Gasteiger partial charge in [0.05, 0.1) is 21.7 Å². The number of hydrogen-bond acceptors (Lipinski definition) is 5. The summed E-state index contributed by atoms with van der Waals surface area (Å²) in [5.74, 6) is -0.326. The van der Waals surface area contributed by atoms with Crippen LogP contribution in [0.2, 0.25) is 0 Å². The molecule has 6 nitrogen and oxygen atoms in total. The molecule has 3 rings (SSSR count). The highest BCUT2D eigenvalue weighted by molar-refractivity contribution is 7.90. The largest absolute Gasteiger partial charge is 0.380 e. The van der Waals surface area contributed by atoms with Gasteiger partial charge in [0.25, 0.3) is 5.91 Å². The maximum absolute atomic E-state index is 12.8. The SMILES string of the molecule is CCOCCn1c(=NC(=O)c2ccc(C)c(C)c2)sc2cc(S(C)(=O)=O)ccc21. The van der Waals surface area contributed by atoms with Crippen LogP contribution in [0.3, 0.4) is 0 Å². The number of rotatable bonds is 6. The van der Waals surface area contributed by atoms with Crippen molar-refractivity contribution in [2.24, 2.45) is 4.99 Å². The Kier molecular flexibility index (Phi) is 6.36. The van der Waals surface area contributed by atoms with E-state index in [0.717, 1.165) is 21.3 Å². The molecule has 0 aliphatic rings. The van der Waals surface area contributed by atoms with Crippen molar-refractivity contribution < 1.29 is 17.9 Å². The molecular formula is C21H24N2O4S2. The minimum atomic E-state index is -3.32. The maximum atomic E-state index is 12.8. The molecule has 0 saturated heterocycles. The van der Waals surface area contributed by atoms with E-state index < -0.39 is 9.84 Å². The fourth-order valence-electron chi connectivity index (χ4n) is 2.91. The van der Waals surface area contributed by atoms with Crippen LogP contribution in [0, 0.1) is 13.8 Å². The first-order valence-corrected chi connectivity index (χ1v) is 12.0. The number of carbonyl (C=O) groups excluding carboxylic acids is 1. The smallest absolute Gasteiger partial charge is 0.279 e. The average molecular weight is 433 g/mol. The van der Waals surface area contributed by atoms with Gasteiger partial charge in [0.15, 0.2) is 14.6 Å². The molecule has 1 aromatic heterocycles. The van der Waals surface area contributed by atoms with Gasteiger partial charge in [-0.05, 0) is 62.2 Å². The molecule has 1 heterocycles. The number of hydrogen-bond donors (Lipinski definition) is 0. The standard InChI is InChI=1S/C21H24N2O4S2/c1-5-27-11-10-23-18-9-8-17(29(4,25)26)13-19(18)28-21(23)22-20(24)16-7-6-14(2)15(3)12-16/h6-9,12-13H,5,10-11H2,1-4H3. The number of ether oxygens (including phenoxy) is 1. The van der Waals surface area contributed by atoms with Crippen molar-refractivity contribution in [1.82, 2.24) is 4.57 Å². The summed E-state index contributed by atoms with van der Waals surface area (Å²) >= 11 is 1.30. The first-order chi connectivity index (χ1) is 13.7. The van der Waals surface area contributed by atoms with E-state index in [4.69, 9.17) is 4.74 Å². The predicted molar refractivity (Wildman–Crippen MR) is 115 cm³/mol. The van der Waals surface area contributed by atoms with Gasteiger partial charge in [-0.1, -0.05) is 17.4 Å². The Labute approximate surface area is 174 Å². The summed E-state index contributed by atoms with van der Waals surface area (Å²) in [7, 11) is -3.32. The normalized spacial score (nSPS) is 12.6. The molecule has 0 bridgehead atoms. The molecular weight excluding hydrogens is 408 g/mol. The summed E-state index contributed by atoms with van der Waals surface area (Å²) in [6, 6.07) is 10.5. The number of fused-ring (bicyclic) bond motifs is 1. The maximum Gasteiger partial charge on any atom is 0.279 e. The fourth-order valence-corrected chi connectivity index (χ4v) is 4.73. The van der Waals surface area contributed by atoms with Crippen LogP contribution in [-0.4, -0.2) is 38.4 Å². The van der Waals surface area contributed by atoms with Gasteiger partial charge in [0, 0.05) is 25.0 Å². The molecule has 0 unspecified atom stereocenters. The predicted octanol–water partition coefficient (Wildman–Crippen LogP) is 3.50. The van der Waals surface area contributed by atoms with Crippen molar-refractivity contribution in [3.63, 3.8) is 0 Å². The number of thiazole rings is 1. The molecule has 154 valence electrons. The van der Waals surface area contributed by atoms with Crippen molar-refractivity contribution >= 4 is 37.3 Å². The summed E-state index contributed by atoms with van der Waals surface area (Å²) in [4.78, 5) is 17.9. The third-order valence-corrected chi connectivity index (χ3v) is 6.85. The molecule has 2 aromatic carbocycles. The Morgan fingerprint density at radius 2 is 1.90 bits per heavy atom. The first kappa shape index (κ1) is 21.4. The third-order valence-electron chi connectivity index (χ3n) is 4.70. The van der Waals surface area contributed by atoms with E-state index in [1.54, 1.807) is 24.3 Å². The molecule has 0 aliphatic heterocycles. The highest BCUT2D eigenvalue weighted by Crippen LogP contribution is 2.22. The lowest BCUT2D eigenvalue weighted by molar-refractivity contribution is 0.0996. The summed E-state index contributed by atoms with van der Waals surface area (Å²) in [6.07, 6.45) is 1.18. The van der Waals surface area contributed by atoms with Crippen molar-refractivity contribution in [2.45, 2.75) is 32.2 Å². The van der Waals surface area contributed by atoms with Crippen LogP contribution >= 0.6 is 11.3 Å². The number of nitrogens with zero attached hydrogens (tertiary/aromatic N) is 2. The molecule has 0 aliphatic carbocycles. The van der Waals surface area contributed by atoms with E-state index in [1.807, 2.05) is 37.5 Å². The number of carbonyl (C=O) groups is 1. The van der Waals surface area contributed by atoms with Crippen LogP contribution in [0.1, 0.15) is 28.4 Å². The van der Waals surface area contributed by atoms with Gasteiger partial charge >= 0.3 is 0 Å². The van der Waals surface area contributed by atoms with Gasteiger partial charge in [-0.3, -0.25) is 4.79 Å². The number of aromatic nitrogens is 1. The second-order valence-corrected chi connectivity index (χ2v) is 9.88. The highest BCUT2D eigenvalue weighted by Gasteiger charge is 2.13. The molecule has 29 heavy (non-hydrogen) atoms. The molecule has 0 saturated carbocycles. The molecule has 0 fully saturated rings. The zero-order chi connectivity index (χ0) is 21.2. The Hall–Kier alpha value is -2.29. The molecule has 0 atom stereocenters. The first-order valence-electron chi connectivity index (χ1n) is 9.28. The van der Waals surface area contributed by atoms with Crippen molar-refractivity contribution in [3.8, 4) is 0 Å². The molecule has 1 amide bonds. The van der Waals surface area contributed by atoms with Crippen LogP contribution in [0.25, 0.3) is 10.2 Å². The average Bonchev–Trinajstić information content (AvgIpc) is 3.00. The number of benzene rings is 2. The highest BCUT2D eigenvalue weighted by atomic mass is 32.2. The summed E-state index contributed by atoms with van der Waals surface area (Å²) in [6.45, 7) is 7.46. The van der Waals surface area contributed by atoms with Gasteiger partial charge in [0.2, 0.25) is 0 Å². The van der Waals surface area contributed by atoms with Crippen LogP contribution in [0.4, 0.5) is 0 Å². The van der Waals surface area contributed by atoms with E-state index in [-0.39, 0.29) is 10.8 Å². The summed E-state index contributed by atoms with van der Waals surface area (Å²) in [5, 5.41) is 0. The quantitative estimate of drug-likeness (QED) is 0.559. The van der Waals surface area contributed by atoms with Crippen LogP contribution < -0.4 is 4.80 Å². The molecule has 0 radical (unpaired) electrons. The van der Waals surface area contributed by atoms with E-state index in [0.29, 0.717) is 30.1 Å². The monoisotopic (exact) mass is 432 g/mol. The number of aryl methyl sites for hydroxylation is 2. The van der Waals surface area contributed by atoms with Crippen molar-refractivity contribution in [3.05, 3.63) is 57.9 Å². The minimum Gasteiger partial charge on any atom is -0.380 e. The van der Waals surface area contributed by atoms with E-state index in [2.05, 4.69) is 4.99 Å². The zero-order valence-corrected chi connectivity index (χ0v) is 18.6. The molecule has 0 spiro atoms. The van der Waals surface area contributed by atoms with Crippen LogP contribution in [0.5, 0.6) is 0 Å². The van der Waals surface area contributed by atoms with Gasteiger partial charge in [0.1, 0.15) is 0 Å². The summed E-state index contributed by atoms with van der Waals surface area (Å²) < 4.78 is 31.9. The molecule has 3 aromatic rings. The second-order valence-electron chi connectivity index (χ2n) is 6.85. The topological polar surface area (TPSA) is 77.7 Å². The molecule has 0 N–H and O–H groups in total. The number of sulfone groups is 1. The Balaban J connectivity index is 2.12. The fraction of sp³-hybridized carbons (Fsp3) is 0.333. The summed E-state index contributed by atoms with van der Waals surface area (Å²) in [5.41, 5.74) is 3.50. The lowest BCUT2D eigenvalue weighted by atomic mass is 10.1. The van der Waals surface area contributed by atoms with Crippen molar-refractivity contribution in [1.29, 1.82) is 0 Å². The molecule has 8 heteroatoms. The van der Waals surface area contributed by atoms with Gasteiger partial charge in [-0.15, -0.1) is 0 Å². The van der Waals surface area contributed by atoms with Gasteiger partial charge in [-0.2, -0.15) is 4.99 Å². The Morgan fingerprint density at radius 3 is 2.55 bits per heavy atom. The second kappa shape index (κ2) is 8.61. The third kappa shape index (κ3) is 4.83. The van der Waals surface area contributed by atoms with Gasteiger partial charge < -0.3 is 9.30 Å². The Bertz CT molecular complexity index is 1240. The van der Waals surface area contributed by atoms with Crippen molar-refractivity contribution in [2.75, 3.05) is 19.5 Å². The Morgan fingerprint density at radius 1 is 1.14 bits per heavy atom. The van der Waals surface area contributed by atoms with Gasteiger partial charge in [-0.25, -0.2) is 8.42 Å². The van der Waals surface area contributed by atoms with E-state index in [1.165, 1.54) is 17.6 Å². The zero-order valence-electron chi connectivity index (χ0n) is 16.9. The number of amides is 1. The lowest BCUT2D eigenvalue weighted by Crippen LogP contribution is -2.19. The van der Waals surface area contributed by atoms with E-state index >= 15 is 0 Å². The minimum absolute atomic E-state index is 0.246. The van der Waals surface area contributed by atoms with Crippen LogP contribution in [-0.2, 0) is 21.1 Å². The lowest BCUT2D eigenvalue weighted by Gasteiger charge is -2.06.